The zero-order chi connectivity index (χ0) is 19.9. The normalized spacial score (nSPS) is 13.2. The number of furan rings is 1. The molecule has 0 aliphatic heterocycles. The molecule has 28 heavy (non-hydrogen) atoms. The number of aryl methyl sites for hydroxylation is 2. The van der Waals surface area contributed by atoms with Gasteiger partial charge >= 0.3 is 0 Å². The summed E-state index contributed by atoms with van der Waals surface area (Å²) < 4.78 is 7.83. The number of fused-ring (bicyclic) bond motifs is 1. The van der Waals surface area contributed by atoms with E-state index in [1.807, 2.05) is 32.3 Å². The van der Waals surface area contributed by atoms with Crippen LogP contribution in [0.1, 0.15) is 24.0 Å². The Bertz CT molecular complexity index is 897. The molecule has 2 aromatic heterocycles. The molecule has 3 aromatic rings. The van der Waals surface area contributed by atoms with Crippen molar-refractivity contribution < 1.29 is 4.42 Å². The molecule has 1 aromatic carbocycles. The lowest BCUT2D eigenvalue weighted by Crippen LogP contribution is -2.42. The minimum atomic E-state index is 0.147. The molecule has 0 bridgehead atoms. The molecule has 7 nitrogen and oxygen atoms in total. The Morgan fingerprint density at radius 3 is 2.75 bits per heavy atom. The number of aromatic nitrogens is 2. The smallest absolute Gasteiger partial charge is 0.191 e. The van der Waals surface area contributed by atoms with Crippen molar-refractivity contribution in [2.24, 2.45) is 4.99 Å². The number of para-hydroxylation sites is 2. The average molecular weight is 383 g/mol. The summed E-state index contributed by atoms with van der Waals surface area (Å²) in [5, 5.41) is 6.79. The molecule has 150 valence electrons. The molecule has 0 amide bonds. The summed E-state index contributed by atoms with van der Waals surface area (Å²) in [6, 6.07) is 12.3. The van der Waals surface area contributed by atoms with Gasteiger partial charge in [0.25, 0.3) is 0 Å². The zero-order valence-electron chi connectivity index (χ0n) is 17.1. The van der Waals surface area contributed by atoms with Gasteiger partial charge in [-0.05, 0) is 51.7 Å². The number of hydrogen-bond donors (Lipinski definition) is 2. The number of nitrogens with one attached hydrogen (secondary N) is 2. The summed E-state index contributed by atoms with van der Waals surface area (Å²) in [7, 11) is 5.88. The molecule has 2 heterocycles. The van der Waals surface area contributed by atoms with Gasteiger partial charge in [0.1, 0.15) is 11.6 Å². The van der Waals surface area contributed by atoms with E-state index in [0.29, 0.717) is 6.54 Å². The summed E-state index contributed by atoms with van der Waals surface area (Å²) in [6.45, 7) is 4.53. The van der Waals surface area contributed by atoms with E-state index in [-0.39, 0.29) is 6.04 Å². The van der Waals surface area contributed by atoms with Crippen molar-refractivity contribution >= 4 is 17.0 Å². The van der Waals surface area contributed by atoms with E-state index in [1.165, 1.54) is 5.52 Å². The lowest BCUT2D eigenvalue weighted by Gasteiger charge is -2.23. The lowest BCUT2D eigenvalue weighted by molar-refractivity contribution is 0.258. The van der Waals surface area contributed by atoms with Gasteiger partial charge in [0, 0.05) is 26.7 Å². The van der Waals surface area contributed by atoms with Gasteiger partial charge in [0.05, 0.1) is 23.3 Å². The van der Waals surface area contributed by atoms with Crippen LogP contribution in [0.25, 0.3) is 11.0 Å². The maximum absolute atomic E-state index is 5.56. The van der Waals surface area contributed by atoms with E-state index < -0.39 is 0 Å². The molecule has 0 radical (unpaired) electrons. The number of aliphatic imine (C=N–C) groups is 1. The second-order valence-electron chi connectivity index (χ2n) is 7.03. The fourth-order valence-corrected chi connectivity index (χ4v) is 3.35. The number of likely N-dealkylation sites (N-methyl/N-ethyl adjacent to an activating group) is 1. The minimum absolute atomic E-state index is 0.147. The third-order valence-electron chi connectivity index (χ3n) is 4.88. The highest BCUT2D eigenvalue weighted by Gasteiger charge is 2.17. The van der Waals surface area contributed by atoms with E-state index >= 15 is 0 Å². The van der Waals surface area contributed by atoms with Crippen molar-refractivity contribution in [2.75, 3.05) is 34.2 Å². The number of imidazole rings is 1. The number of benzene rings is 1. The SMILES string of the molecule is CN=C(NCCCn1c(C)nc2ccccc21)NCC(c1ccco1)N(C)C. The number of nitrogens with zero attached hydrogens (tertiary/aromatic N) is 4. The Morgan fingerprint density at radius 2 is 2.04 bits per heavy atom. The summed E-state index contributed by atoms with van der Waals surface area (Å²) in [4.78, 5) is 11.1. The first-order valence-corrected chi connectivity index (χ1v) is 9.66. The average Bonchev–Trinajstić information content (AvgIpc) is 3.31. The van der Waals surface area contributed by atoms with Crippen molar-refractivity contribution in [3.63, 3.8) is 0 Å². The Hall–Kier alpha value is -2.80. The second-order valence-corrected chi connectivity index (χ2v) is 7.03. The van der Waals surface area contributed by atoms with Crippen molar-refractivity contribution in [1.29, 1.82) is 0 Å². The minimum Gasteiger partial charge on any atom is -0.468 e. The van der Waals surface area contributed by atoms with Crippen LogP contribution >= 0.6 is 0 Å². The van der Waals surface area contributed by atoms with Crippen molar-refractivity contribution in [3.8, 4) is 0 Å². The maximum atomic E-state index is 5.56. The monoisotopic (exact) mass is 382 g/mol. The first kappa shape index (κ1) is 19.9. The molecular formula is C21H30N6O. The molecule has 0 aliphatic rings. The van der Waals surface area contributed by atoms with Crippen molar-refractivity contribution in [1.82, 2.24) is 25.1 Å². The molecule has 0 fully saturated rings. The lowest BCUT2D eigenvalue weighted by atomic mass is 10.2. The largest absolute Gasteiger partial charge is 0.468 e. The fraction of sp³-hybridized carbons (Fsp3) is 0.429. The van der Waals surface area contributed by atoms with Crippen LogP contribution in [0.3, 0.4) is 0 Å². The van der Waals surface area contributed by atoms with E-state index in [0.717, 1.165) is 42.6 Å². The molecule has 7 heteroatoms. The topological polar surface area (TPSA) is 70.6 Å². The first-order valence-electron chi connectivity index (χ1n) is 9.66. The number of hydrogen-bond acceptors (Lipinski definition) is 4. The van der Waals surface area contributed by atoms with E-state index in [2.05, 4.69) is 55.2 Å². The fourth-order valence-electron chi connectivity index (χ4n) is 3.35. The summed E-state index contributed by atoms with van der Waals surface area (Å²) in [5.41, 5.74) is 2.24. The van der Waals surface area contributed by atoms with Gasteiger partial charge in [-0.2, -0.15) is 0 Å². The highest BCUT2D eigenvalue weighted by Crippen LogP contribution is 2.17. The quantitative estimate of drug-likeness (QED) is 0.356. The first-order chi connectivity index (χ1) is 13.6. The molecule has 3 rings (SSSR count). The molecule has 0 aliphatic carbocycles. The Kier molecular flexibility index (Phi) is 6.71. The number of rotatable bonds is 8. The third-order valence-corrected chi connectivity index (χ3v) is 4.88. The Balaban J connectivity index is 1.48. The molecule has 0 saturated heterocycles. The van der Waals surface area contributed by atoms with Crippen molar-refractivity contribution in [3.05, 3.63) is 54.2 Å². The van der Waals surface area contributed by atoms with Crippen LogP contribution in [0.2, 0.25) is 0 Å². The van der Waals surface area contributed by atoms with Crippen LogP contribution < -0.4 is 10.6 Å². The van der Waals surface area contributed by atoms with Crippen LogP contribution in [0.5, 0.6) is 0 Å². The van der Waals surface area contributed by atoms with Crippen LogP contribution in [-0.2, 0) is 6.54 Å². The second kappa shape index (κ2) is 9.41. The van der Waals surface area contributed by atoms with Gasteiger partial charge in [-0.25, -0.2) is 4.98 Å². The molecule has 1 atom stereocenters. The molecule has 0 saturated carbocycles. The highest BCUT2D eigenvalue weighted by molar-refractivity contribution is 5.79. The van der Waals surface area contributed by atoms with Gasteiger partial charge in [0.15, 0.2) is 5.96 Å². The standard InChI is InChI=1S/C21H30N6O/c1-16-25-17-9-5-6-10-18(17)27(16)13-8-12-23-21(22-2)24-15-19(26(3)4)20-11-7-14-28-20/h5-7,9-11,14,19H,8,12-13,15H2,1-4H3,(H2,22,23,24). The predicted octanol–water partition coefficient (Wildman–Crippen LogP) is 2.80. The molecule has 2 N–H and O–H groups in total. The third kappa shape index (κ3) is 4.72. The zero-order valence-corrected chi connectivity index (χ0v) is 17.1. The molecule has 1 unspecified atom stereocenters. The summed E-state index contributed by atoms with van der Waals surface area (Å²) >= 11 is 0. The van der Waals surface area contributed by atoms with Gasteiger partial charge in [-0.1, -0.05) is 12.1 Å². The van der Waals surface area contributed by atoms with Crippen molar-refractivity contribution in [2.45, 2.75) is 25.9 Å². The van der Waals surface area contributed by atoms with E-state index in [1.54, 1.807) is 13.3 Å². The number of guanidine groups is 1. The van der Waals surface area contributed by atoms with Crippen LogP contribution in [0, 0.1) is 6.92 Å². The summed E-state index contributed by atoms with van der Waals surface area (Å²) in [5.74, 6) is 2.79. The van der Waals surface area contributed by atoms with Gasteiger partial charge in [-0.15, -0.1) is 0 Å². The van der Waals surface area contributed by atoms with Crippen LogP contribution in [0.4, 0.5) is 0 Å². The molecular weight excluding hydrogens is 352 g/mol. The van der Waals surface area contributed by atoms with Gasteiger partial charge in [-0.3, -0.25) is 9.89 Å². The Labute approximate surface area is 166 Å². The van der Waals surface area contributed by atoms with Crippen LogP contribution in [-0.4, -0.2) is 54.6 Å². The Morgan fingerprint density at radius 1 is 1.21 bits per heavy atom. The summed E-state index contributed by atoms with van der Waals surface area (Å²) in [6.07, 6.45) is 2.69. The van der Waals surface area contributed by atoms with Gasteiger partial charge in [0.2, 0.25) is 0 Å². The highest BCUT2D eigenvalue weighted by atomic mass is 16.3. The van der Waals surface area contributed by atoms with E-state index in [4.69, 9.17) is 4.42 Å². The van der Waals surface area contributed by atoms with Gasteiger partial charge < -0.3 is 19.6 Å². The van der Waals surface area contributed by atoms with Crippen LogP contribution in [0.15, 0.2) is 52.1 Å². The molecule has 0 spiro atoms. The predicted molar refractivity (Wildman–Crippen MR) is 114 cm³/mol. The maximum Gasteiger partial charge on any atom is 0.191 e. The van der Waals surface area contributed by atoms with E-state index in [9.17, 15) is 0 Å².